The van der Waals surface area contributed by atoms with Crippen molar-refractivity contribution in [2.75, 3.05) is 27.4 Å². The van der Waals surface area contributed by atoms with Crippen molar-refractivity contribution in [2.24, 2.45) is 0 Å². The lowest BCUT2D eigenvalue weighted by Gasteiger charge is -2.10. The molecule has 33 heavy (non-hydrogen) atoms. The Morgan fingerprint density at radius 1 is 1.15 bits per heavy atom. The largest absolute Gasteiger partial charge is 0.507 e. The number of aromatic amines is 1. The Bertz CT molecular complexity index is 1290. The van der Waals surface area contributed by atoms with Crippen LogP contribution in [-0.2, 0) is 4.74 Å². The number of hydrogen-bond acceptors (Lipinski definition) is 7. The maximum atomic E-state index is 12.4. The number of pyridine rings is 1. The highest BCUT2D eigenvalue weighted by Crippen LogP contribution is 2.35. The van der Waals surface area contributed by atoms with Gasteiger partial charge < -0.3 is 30.0 Å². The summed E-state index contributed by atoms with van der Waals surface area (Å²) in [5.41, 5.74) is 3.79. The number of carbonyl (C=O) groups excluding carboxylic acids is 1. The molecule has 4 N–H and O–H groups in total. The van der Waals surface area contributed by atoms with Crippen LogP contribution in [0.1, 0.15) is 10.4 Å². The number of hydrogen-bond donors (Lipinski definition) is 4. The van der Waals surface area contributed by atoms with Gasteiger partial charge in [0.1, 0.15) is 11.6 Å². The number of phenols is 1. The van der Waals surface area contributed by atoms with Gasteiger partial charge in [0.05, 0.1) is 36.4 Å². The van der Waals surface area contributed by atoms with Gasteiger partial charge in [0, 0.05) is 31.0 Å². The van der Waals surface area contributed by atoms with Crippen molar-refractivity contribution in [3.63, 3.8) is 0 Å². The second kappa shape index (κ2) is 9.68. The van der Waals surface area contributed by atoms with Crippen molar-refractivity contribution in [1.82, 2.24) is 20.3 Å². The van der Waals surface area contributed by atoms with Gasteiger partial charge >= 0.3 is 0 Å². The fourth-order valence-electron chi connectivity index (χ4n) is 3.51. The molecule has 2 aromatic heterocycles. The highest BCUT2D eigenvalue weighted by molar-refractivity contribution is 5.97. The number of aromatic hydroxyl groups is 1. The molecule has 0 aliphatic heterocycles. The van der Waals surface area contributed by atoms with E-state index in [-0.39, 0.29) is 24.8 Å². The van der Waals surface area contributed by atoms with Gasteiger partial charge in [-0.05, 0) is 48.0 Å². The number of methoxy groups -OCH3 is 2. The number of nitrogens with zero attached hydrogens (tertiary/aromatic N) is 2. The Morgan fingerprint density at radius 2 is 2.00 bits per heavy atom. The van der Waals surface area contributed by atoms with Gasteiger partial charge in [-0.15, -0.1) is 0 Å². The number of aliphatic hydroxyl groups is 1. The first-order valence-corrected chi connectivity index (χ1v) is 10.3. The number of phenolic OH excluding ortho intramolecular Hbond substituents is 1. The highest BCUT2D eigenvalue weighted by atomic mass is 16.5. The number of aromatic nitrogens is 3. The molecule has 2 aromatic carbocycles. The van der Waals surface area contributed by atoms with E-state index in [1.165, 1.54) is 7.11 Å². The summed E-state index contributed by atoms with van der Waals surface area (Å²) in [6.07, 6.45) is 0.865. The van der Waals surface area contributed by atoms with Gasteiger partial charge in [-0.25, -0.2) is 9.97 Å². The maximum Gasteiger partial charge on any atom is 0.251 e. The number of aliphatic hydroxyl groups excluding tert-OH is 1. The van der Waals surface area contributed by atoms with E-state index in [0.29, 0.717) is 33.9 Å². The van der Waals surface area contributed by atoms with E-state index in [1.54, 1.807) is 49.7 Å². The molecule has 170 valence electrons. The number of ether oxygens (including phenoxy) is 2. The van der Waals surface area contributed by atoms with Crippen LogP contribution < -0.4 is 10.1 Å². The van der Waals surface area contributed by atoms with E-state index >= 15 is 0 Å². The van der Waals surface area contributed by atoms with Gasteiger partial charge in [0.15, 0.2) is 0 Å². The second-order valence-electron chi connectivity index (χ2n) is 7.43. The van der Waals surface area contributed by atoms with Gasteiger partial charge in [0.2, 0.25) is 5.88 Å². The Morgan fingerprint density at radius 3 is 2.79 bits per heavy atom. The number of H-pyrrole nitrogens is 1. The zero-order chi connectivity index (χ0) is 23.4. The summed E-state index contributed by atoms with van der Waals surface area (Å²) in [4.78, 5) is 24.4. The van der Waals surface area contributed by atoms with E-state index < -0.39 is 6.10 Å². The Labute approximate surface area is 190 Å². The summed E-state index contributed by atoms with van der Waals surface area (Å²) in [6.45, 7) is 0.216. The summed E-state index contributed by atoms with van der Waals surface area (Å²) >= 11 is 0. The molecule has 0 aliphatic rings. The lowest BCUT2D eigenvalue weighted by atomic mass is 10.0. The molecule has 0 aliphatic carbocycles. The number of rotatable bonds is 8. The monoisotopic (exact) mass is 448 g/mol. The molecule has 2 heterocycles. The normalized spacial score (nSPS) is 12.0. The number of nitrogens with one attached hydrogen (secondary N) is 2. The van der Waals surface area contributed by atoms with Crippen LogP contribution in [0.2, 0.25) is 0 Å². The summed E-state index contributed by atoms with van der Waals surface area (Å²) in [5, 5.41) is 22.9. The van der Waals surface area contributed by atoms with Crippen LogP contribution in [0.5, 0.6) is 11.6 Å². The Hall–Kier alpha value is -3.95. The number of fused-ring (bicyclic) bond motifs is 1. The summed E-state index contributed by atoms with van der Waals surface area (Å²) in [7, 11) is 3.04. The zero-order valence-corrected chi connectivity index (χ0v) is 18.2. The quantitative estimate of drug-likeness (QED) is 0.326. The fourth-order valence-corrected chi connectivity index (χ4v) is 3.51. The third kappa shape index (κ3) is 4.79. The predicted octanol–water partition coefficient (Wildman–Crippen LogP) is 2.74. The molecule has 0 saturated carbocycles. The van der Waals surface area contributed by atoms with Crippen LogP contribution >= 0.6 is 0 Å². The minimum Gasteiger partial charge on any atom is -0.507 e. The first-order chi connectivity index (χ1) is 16.0. The van der Waals surface area contributed by atoms with Gasteiger partial charge in [-0.3, -0.25) is 4.79 Å². The molecular formula is C24H24N4O5. The van der Waals surface area contributed by atoms with E-state index in [2.05, 4.69) is 20.3 Å². The van der Waals surface area contributed by atoms with Crippen LogP contribution in [0, 0.1) is 0 Å². The lowest BCUT2D eigenvalue weighted by molar-refractivity contribution is 0.0610. The molecule has 1 unspecified atom stereocenters. The molecule has 1 amide bonds. The van der Waals surface area contributed by atoms with Gasteiger partial charge in [0.25, 0.3) is 5.91 Å². The predicted molar refractivity (Wildman–Crippen MR) is 123 cm³/mol. The minimum atomic E-state index is -0.782. The first kappa shape index (κ1) is 22.3. The van der Waals surface area contributed by atoms with Crippen molar-refractivity contribution >= 4 is 16.9 Å². The SMILES string of the molecule is COCC(O)CNC(=O)c1ccc2nc(-c3cc(-c4cccnc4OC)ccc3O)[nH]c2c1. The van der Waals surface area contributed by atoms with E-state index in [4.69, 9.17) is 9.47 Å². The molecule has 4 rings (SSSR count). The molecule has 0 spiro atoms. The number of carbonyl (C=O) groups is 1. The van der Waals surface area contributed by atoms with Crippen LogP contribution in [0.15, 0.2) is 54.7 Å². The zero-order valence-electron chi connectivity index (χ0n) is 18.2. The summed E-state index contributed by atoms with van der Waals surface area (Å²) in [6, 6.07) is 13.9. The molecule has 0 fully saturated rings. The van der Waals surface area contributed by atoms with Crippen LogP contribution in [0.3, 0.4) is 0 Å². The molecule has 0 saturated heterocycles. The Kier molecular flexibility index (Phi) is 6.53. The van der Waals surface area contributed by atoms with Gasteiger partial charge in [-0.1, -0.05) is 6.07 Å². The number of benzene rings is 2. The van der Waals surface area contributed by atoms with Crippen LogP contribution in [-0.4, -0.2) is 64.5 Å². The first-order valence-electron chi connectivity index (χ1n) is 10.3. The standard InChI is InChI=1S/C24H24N4O5/c1-32-13-16(29)12-26-23(31)15-5-7-19-20(11-15)28-22(27-19)18-10-14(6-8-21(18)30)17-4-3-9-25-24(17)33-2/h3-11,16,29-30H,12-13H2,1-2H3,(H,26,31)(H,27,28). The third-order valence-corrected chi connectivity index (χ3v) is 5.13. The molecule has 9 heteroatoms. The fraction of sp³-hybridized carbons (Fsp3) is 0.208. The van der Waals surface area contributed by atoms with Crippen molar-refractivity contribution in [3.05, 3.63) is 60.3 Å². The molecule has 0 bridgehead atoms. The van der Waals surface area contributed by atoms with Crippen molar-refractivity contribution < 1.29 is 24.5 Å². The second-order valence-corrected chi connectivity index (χ2v) is 7.43. The highest BCUT2D eigenvalue weighted by Gasteiger charge is 2.15. The van der Waals surface area contributed by atoms with Crippen molar-refractivity contribution in [2.45, 2.75) is 6.10 Å². The molecule has 0 radical (unpaired) electrons. The maximum absolute atomic E-state index is 12.4. The molecule has 4 aromatic rings. The average Bonchev–Trinajstić information content (AvgIpc) is 3.26. The minimum absolute atomic E-state index is 0.0609. The van der Waals surface area contributed by atoms with E-state index in [1.807, 2.05) is 12.1 Å². The molecule has 9 nitrogen and oxygen atoms in total. The number of imidazole rings is 1. The van der Waals surface area contributed by atoms with Crippen LogP contribution in [0.4, 0.5) is 0 Å². The average molecular weight is 448 g/mol. The molecular weight excluding hydrogens is 424 g/mol. The summed E-state index contributed by atoms with van der Waals surface area (Å²) < 4.78 is 10.2. The third-order valence-electron chi connectivity index (χ3n) is 5.13. The lowest BCUT2D eigenvalue weighted by Crippen LogP contribution is -2.34. The Balaban J connectivity index is 1.63. The molecule has 1 atom stereocenters. The van der Waals surface area contributed by atoms with Crippen molar-refractivity contribution in [1.29, 1.82) is 0 Å². The van der Waals surface area contributed by atoms with E-state index in [0.717, 1.165) is 11.1 Å². The van der Waals surface area contributed by atoms with E-state index in [9.17, 15) is 15.0 Å². The van der Waals surface area contributed by atoms with Crippen LogP contribution in [0.25, 0.3) is 33.5 Å². The van der Waals surface area contributed by atoms with Crippen molar-refractivity contribution in [3.8, 4) is 34.1 Å². The van der Waals surface area contributed by atoms with Gasteiger partial charge in [-0.2, -0.15) is 0 Å². The topological polar surface area (TPSA) is 130 Å². The smallest absolute Gasteiger partial charge is 0.251 e. The number of amides is 1. The summed E-state index contributed by atoms with van der Waals surface area (Å²) in [5.74, 6) is 0.674.